The van der Waals surface area contributed by atoms with Gasteiger partial charge in [0.05, 0.1) is 23.4 Å². The van der Waals surface area contributed by atoms with Gasteiger partial charge in [0.2, 0.25) is 11.8 Å². The third kappa shape index (κ3) is 3.31. The minimum atomic E-state index is -0.996. The largest absolute Gasteiger partial charge is 0.494 e. The van der Waals surface area contributed by atoms with Gasteiger partial charge in [-0.05, 0) is 12.1 Å². The van der Waals surface area contributed by atoms with E-state index in [1.54, 1.807) is 0 Å². The van der Waals surface area contributed by atoms with Gasteiger partial charge in [-0.3, -0.25) is 10.1 Å². The Hall–Kier alpha value is -4.08. The third-order valence-corrected chi connectivity index (χ3v) is 4.46. The molecule has 0 aliphatic heterocycles. The van der Waals surface area contributed by atoms with Gasteiger partial charge in [-0.15, -0.1) is 0 Å². The Bertz CT molecular complexity index is 1240. The molecule has 2 aromatic carbocycles. The predicted molar refractivity (Wildman–Crippen MR) is 105 cm³/mol. The van der Waals surface area contributed by atoms with Crippen molar-refractivity contribution in [3.05, 3.63) is 64.7 Å². The maximum absolute atomic E-state index is 13.8. The number of nitrogens with zero attached hydrogens (tertiary/aromatic N) is 5. The molecule has 1 N–H and O–H groups in total. The van der Waals surface area contributed by atoms with Gasteiger partial charge in [0.1, 0.15) is 12.1 Å². The predicted octanol–water partition coefficient (Wildman–Crippen LogP) is 3.83. The lowest BCUT2D eigenvalue weighted by Crippen LogP contribution is -2.04. The summed E-state index contributed by atoms with van der Waals surface area (Å²) in [6, 6.07) is 11.8. The molecule has 9 nitrogen and oxygen atoms in total. The number of benzene rings is 2. The van der Waals surface area contributed by atoms with Gasteiger partial charge in [-0.25, -0.2) is 9.97 Å². The van der Waals surface area contributed by atoms with E-state index in [1.165, 1.54) is 13.4 Å². The van der Waals surface area contributed by atoms with E-state index in [0.717, 1.165) is 28.7 Å². The van der Waals surface area contributed by atoms with E-state index in [4.69, 9.17) is 4.74 Å². The van der Waals surface area contributed by atoms with Crippen molar-refractivity contribution in [1.82, 2.24) is 19.5 Å². The zero-order valence-corrected chi connectivity index (χ0v) is 15.5. The number of hydrogen-bond donors (Lipinski definition) is 1. The first-order chi connectivity index (χ1) is 14.0. The van der Waals surface area contributed by atoms with Crippen LogP contribution in [0.1, 0.15) is 0 Å². The summed E-state index contributed by atoms with van der Waals surface area (Å²) in [5, 5.41) is 14.9. The molecule has 0 radical (unpaired) electrons. The fraction of sp³-hybridized carbons (Fsp3) is 0.105. The first kappa shape index (κ1) is 18.3. The summed E-state index contributed by atoms with van der Waals surface area (Å²) in [5.41, 5.74) is 1.27. The Morgan fingerprint density at radius 1 is 1.21 bits per heavy atom. The quantitative estimate of drug-likeness (QED) is 0.405. The lowest BCUT2D eigenvalue weighted by Gasteiger charge is -2.11. The van der Waals surface area contributed by atoms with Crippen LogP contribution in [-0.4, -0.2) is 31.6 Å². The van der Waals surface area contributed by atoms with E-state index in [9.17, 15) is 14.5 Å². The molecule has 0 unspecified atom stereocenters. The molecule has 146 valence electrons. The highest BCUT2D eigenvalue weighted by molar-refractivity contribution is 5.85. The second-order valence-corrected chi connectivity index (χ2v) is 6.17. The molecule has 4 rings (SSSR count). The molecule has 10 heteroatoms. The summed E-state index contributed by atoms with van der Waals surface area (Å²) < 4.78 is 20.9. The SMILES string of the molecule is COc1cc(F)c([N+](=O)[O-])cc1Nc1ncnc(-c2cc3ccccc3n2C)n1. The number of fused-ring (bicyclic) bond motifs is 1. The Balaban J connectivity index is 1.74. The number of methoxy groups -OCH3 is 1. The van der Waals surface area contributed by atoms with E-state index in [0.29, 0.717) is 5.82 Å². The molecule has 29 heavy (non-hydrogen) atoms. The molecule has 0 spiro atoms. The van der Waals surface area contributed by atoms with Crippen molar-refractivity contribution in [3.63, 3.8) is 0 Å². The molecule has 4 aromatic rings. The van der Waals surface area contributed by atoms with Crippen LogP contribution >= 0.6 is 0 Å². The highest BCUT2D eigenvalue weighted by atomic mass is 19.1. The van der Waals surface area contributed by atoms with Crippen LogP contribution in [0, 0.1) is 15.9 Å². The number of halogens is 1. The monoisotopic (exact) mass is 394 g/mol. The second-order valence-electron chi connectivity index (χ2n) is 6.17. The summed E-state index contributed by atoms with van der Waals surface area (Å²) >= 11 is 0. The van der Waals surface area contributed by atoms with Gasteiger partial charge in [0.15, 0.2) is 5.82 Å². The van der Waals surface area contributed by atoms with Crippen LogP contribution < -0.4 is 10.1 Å². The number of rotatable bonds is 5. The van der Waals surface area contributed by atoms with Crippen LogP contribution in [0.25, 0.3) is 22.4 Å². The molecular formula is C19H15FN6O3. The zero-order chi connectivity index (χ0) is 20.5. The van der Waals surface area contributed by atoms with Crippen LogP contribution in [0.4, 0.5) is 21.7 Å². The zero-order valence-electron chi connectivity index (χ0n) is 15.5. The Morgan fingerprint density at radius 2 is 2.00 bits per heavy atom. The molecule has 0 amide bonds. The van der Waals surface area contributed by atoms with Gasteiger partial charge in [-0.2, -0.15) is 9.37 Å². The van der Waals surface area contributed by atoms with Crippen molar-refractivity contribution < 1.29 is 14.1 Å². The van der Waals surface area contributed by atoms with Crippen LogP contribution in [-0.2, 0) is 7.05 Å². The van der Waals surface area contributed by atoms with Crippen LogP contribution in [0.15, 0.2) is 48.8 Å². The average molecular weight is 394 g/mol. The number of nitrogens with one attached hydrogen (secondary N) is 1. The summed E-state index contributed by atoms with van der Waals surface area (Å²) in [6.45, 7) is 0. The van der Waals surface area contributed by atoms with Gasteiger partial charge >= 0.3 is 5.69 Å². The molecule has 0 aliphatic carbocycles. The molecule has 0 fully saturated rings. The molecule has 0 aliphatic rings. The van der Waals surface area contributed by atoms with Crippen molar-refractivity contribution >= 4 is 28.2 Å². The van der Waals surface area contributed by atoms with E-state index < -0.39 is 16.4 Å². The third-order valence-electron chi connectivity index (χ3n) is 4.46. The summed E-state index contributed by atoms with van der Waals surface area (Å²) in [5.74, 6) is -0.361. The first-order valence-electron chi connectivity index (χ1n) is 8.50. The summed E-state index contributed by atoms with van der Waals surface area (Å²) in [6.07, 6.45) is 1.33. The molecule has 0 atom stereocenters. The molecule has 0 saturated carbocycles. The van der Waals surface area contributed by atoms with Crippen molar-refractivity contribution in [1.29, 1.82) is 0 Å². The van der Waals surface area contributed by atoms with Crippen molar-refractivity contribution in [2.24, 2.45) is 7.05 Å². The summed E-state index contributed by atoms with van der Waals surface area (Å²) in [7, 11) is 3.24. The number of aromatic nitrogens is 4. The van der Waals surface area contributed by atoms with E-state index in [-0.39, 0.29) is 17.4 Å². The first-order valence-corrected chi connectivity index (χ1v) is 8.50. The Kier molecular flexibility index (Phi) is 4.51. The number of nitro benzene ring substituents is 1. The average Bonchev–Trinajstić information content (AvgIpc) is 3.06. The van der Waals surface area contributed by atoms with Crippen molar-refractivity contribution in [2.75, 3.05) is 12.4 Å². The molecule has 0 saturated heterocycles. The second kappa shape index (κ2) is 7.15. The number of aryl methyl sites for hydroxylation is 1. The van der Waals surface area contributed by atoms with Crippen LogP contribution in [0.2, 0.25) is 0 Å². The van der Waals surface area contributed by atoms with Gasteiger partial charge in [-0.1, -0.05) is 18.2 Å². The lowest BCUT2D eigenvalue weighted by molar-refractivity contribution is -0.387. The molecule has 2 heterocycles. The van der Waals surface area contributed by atoms with Gasteiger partial charge < -0.3 is 14.6 Å². The standard InChI is InChI=1S/C19H15FN6O3/c1-25-14-6-4-3-5-11(14)7-16(25)18-21-10-22-19(24-18)23-13-9-15(26(27)28)12(20)8-17(13)29-2/h3-10H,1-2H3,(H,21,22,23,24). The number of ether oxygens (including phenoxy) is 1. The number of hydrogen-bond acceptors (Lipinski definition) is 7. The van der Waals surface area contributed by atoms with E-state index >= 15 is 0 Å². The topological polar surface area (TPSA) is 108 Å². The highest BCUT2D eigenvalue weighted by Crippen LogP contribution is 2.33. The number of para-hydroxylation sites is 1. The van der Waals surface area contributed by atoms with E-state index in [2.05, 4.69) is 20.3 Å². The Morgan fingerprint density at radius 3 is 2.72 bits per heavy atom. The molecular weight excluding hydrogens is 379 g/mol. The molecule has 0 bridgehead atoms. The van der Waals surface area contributed by atoms with E-state index in [1.807, 2.05) is 41.9 Å². The van der Waals surface area contributed by atoms with Crippen molar-refractivity contribution in [3.8, 4) is 17.3 Å². The van der Waals surface area contributed by atoms with Gasteiger partial charge in [0, 0.05) is 30.1 Å². The minimum Gasteiger partial charge on any atom is -0.494 e. The Labute approximate surface area is 164 Å². The molecule has 2 aromatic heterocycles. The fourth-order valence-corrected chi connectivity index (χ4v) is 3.05. The highest BCUT2D eigenvalue weighted by Gasteiger charge is 2.20. The maximum Gasteiger partial charge on any atom is 0.307 e. The van der Waals surface area contributed by atoms with Crippen LogP contribution in [0.5, 0.6) is 5.75 Å². The minimum absolute atomic E-state index is 0.0830. The summed E-state index contributed by atoms with van der Waals surface area (Å²) in [4.78, 5) is 22.9. The number of nitro groups is 1. The smallest absolute Gasteiger partial charge is 0.307 e. The van der Waals surface area contributed by atoms with Gasteiger partial charge in [0.25, 0.3) is 0 Å². The normalized spacial score (nSPS) is 10.9. The lowest BCUT2D eigenvalue weighted by atomic mass is 10.2. The van der Waals surface area contributed by atoms with Crippen molar-refractivity contribution in [2.45, 2.75) is 0 Å². The number of anilines is 2. The fourth-order valence-electron chi connectivity index (χ4n) is 3.05. The maximum atomic E-state index is 13.8. The van der Waals surface area contributed by atoms with Crippen LogP contribution in [0.3, 0.4) is 0 Å².